The number of hydrogen-bond acceptors (Lipinski definition) is 4. The van der Waals surface area contributed by atoms with Gasteiger partial charge in [0, 0.05) is 41.6 Å². The lowest BCUT2D eigenvalue weighted by molar-refractivity contribution is -0.0217. The molecule has 5 aromatic rings. The second-order valence-corrected chi connectivity index (χ2v) is 8.38. The maximum Gasteiger partial charge on any atom is 0.271 e. The van der Waals surface area contributed by atoms with Crippen LogP contribution in [0.2, 0.25) is 0 Å². The molecular formula is C25H20F4N6. The average molecular weight is 480 g/mol. The van der Waals surface area contributed by atoms with Crippen LogP contribution in [-0.4, -0.2) is 30.3 Å². The number of aryl methyl sites for hydroxylation is 1. The third-order valence-electron chi connectivity index (χ3n) is 5.90. The number of fused-ring (bicyclic) bond motifs is 1. The number of hydrogen-bond donors (Lipinski definition) is 1. The average Bonchev–Trinajstić information content (AvgIpc) is 3.42. The van der Waals surface area contributed by atoms with Crippen LogP contribution in [0, 0.1) is 18.6 Å². The Labute approximate surface area is 197 Å². The summed E-state index contributed by atoms with van der Waals surface area (Å²) in [5.74, 6) is -4.17. The van der Waals surface area contributed by atoms with E-state index in [0.29, 0.717) is 27.9 Å². The number of nitrogen functional groups attached to an aromatic ring is 1. The molecule has 6 nitrogen and oxygen atoms in total. The first-order chi connectivity index (χ1) is 16.6. The van der Waals surface area contributed by atoms with E-state index < -0.39 is 23.6 Å². The first-order valence-electron chi connectivity index (χ1n) is 10.7. The number of pyridine rings is 1. The quantitative estimate of drug-likeness (QED) is 0.329. The minimum absolute atomic E-state index is 0.107. The van der Waals surface area contributed by atoms with Gasteiger partial charge in [-0.3, -0.25) is 4.68 Å². The van der Waals surface area contributed by atoms with Gasteiger partial charge in [0.15, 0.2) is 5.65 Å². The molecule has 5 rings (SSSR count). The summed E-state index contributed by atoms with van der Waals surface area (Å²) in [6.07, 6.45) is 4.34. The van der Waals surface area contributed by atoms with Crippen molar-refractivity contribution >= 4 is 11.6 Å². The highest BCUT2D eigenvalue weighted by Crippen LogP contribution is 2.37. The maximum atomic E-state index is 15.7. The van der Waals surface area contributed by atoms with Crippen LogP contribution < -0.4 is 5.73 Å². The van der Waals surface area contributed by atoms with E-state index in [4.69, 9.17) is 5.73 Å². The first-order valence-corrected chi connectivity index (χ1v) is 10.7. The third kappa shape index (κ3) is 4.01. The summed E-state index contributed by atoms with van der Waals surface area (Å²) in [6.45, 7) is 2.55. The van der Waals surface area contributed by atoms with Crippen molar-refractivity contribution in [3.05, 3.63) is 89.9 Å². The Morgan fingerprint density at radius 2 is 1.69 bits per heavy atom. The second kappa shape index (κ2) is 8.23. The number of nitrogens with two attached hydrogens (primary N) is 1. The number of alkyl halides is 2. The predicted octanol–water partition coefficient (Wildman–Crippen LogP) is 5.67. The summed E-state index contributed by atoms with van der Waals surface area (Å²) in [5, 5.41) is 8.17. The van der Waals surface area contributed by atoms with Crippen LogP contribution in [0.4, 0.5) is 23.5 Å². The zero-order chi connectivity index (χ0) is 24.9. The van der Waals surface area contributed by atoms with Gasteiger partial charge >= 0.3 is 0 Å². The Balaban J connectivity index is 1.58. The SMILES string of the molecule is Cc1c(-c2cccc(-c3cnn(C(c4ccc(F)cc4)C(C)(F)F)c3)c2F)ccn2nc(N)nc12. The molecule has 10 heteroatoms. The van der Waals surface area contributed by atoms with E-state index in [2.05, 4.69) is 15.2 Å². The lowest BCUT2D eigenvalue weighted by Gasteiger charge is -2.24. The fourth-order valence-corrected chi connectivity index (χ4v) is 4.29. The molecule has 0 radical (unpaired) electrons. The van der Waals surface area contributed by atoms with Gasteiger partial charge in [-0.2, -0.15) is 10.1 Å². The molecule has 2 aromatic carbocycles. The Morgan fingerprint density at radius 3 is 2.40 bits per heavy atom. The lowest BCUT2D eigenvalue weighted by Crippen LogP contribution is -2.29. The van der Waals surface area contributed by atoms with E-state index in [1.165, 1.54) is 29.0 Å². The van der Waals surface area contributed by atoms with E-state index in [0.717, 1.165) is 23.7 Å². The second-order valence-electron chi connectivity index (χ2n) is 8.38. The van der Waals surface area contributed by atoms with E-state index in [-0.39, 0.29) is 17.1 Å². The molecule has 178 valence electrons. The standard InChI is InChI=1S/C25H20F4N6/c1-14-18(10-11-34-23(14)32-24(30)33-34)20-5-3-4-19(21(20)27)16-12-31-35(13-16)22(25(2,28)29)15-6-8-17(26)9-7-15/h3-13,22H,1-2H3,(H2,30,33). The van der Waals surface area contributed by atoms with Crippen LogP contribution in [0.1, 0.15) is 24.1 Å². The summed E-state index contributed by atoms with van der Waals surface area (Å²) >= 11 is 0. The Kier molecular flexibility index (Phi) is 5.31. The normalized spacial score (nSPS) is 12.9. The molecule has 0 aliphatic carbocycles. The molecule has 0 aliphatic heterocycles. The topological polar surface area (TPSA) is 74.0 Å². The Bertz CT molecular complexity index is 1530. The molecular weight excluding hydrogens is 460 g/mol. The Hall–Kier alpha value is -4.21. The van der Waals surface area contributed by atoms with Crippen molar-refractivity contribution in [3.8, 4) is 22.3 Å². The monoisotopic (exact) mass is 480 g/mol. The molecule has 3 aromatic heterocycles. The van der Waals surface area contributed by atoms with Gasteiger partial charge in [0.05, 0.1) is 6.20 Å². The minimum Gasteiger partial charge on any atom is -0.366 e. The molecule has 1 atom stereocenters. The van der Waals surface area contributed by atoms with Gasteiger partial charge in [0.2, 0.25) is 5.95 Å². The lowest BCUT2D eigenvalue weighted by atomic mass is 9.97. The van der Waals surface area contributed by atoms with Gasteiger partial charge in [-0.1, -0.05) is 30.3 Å². The number of halogens is 4. The highest BCUT2D eigenvalue weighted by molar-refractivity contribution is 5.78. The molecule has 0 fully saturated rings. The van der Waals surface area contributed by atoms with E-state index in [1.807, 2.05) is 0 Å². The molecule has 3 heterocycles. The predicted molar refractivity (Wildman–Crippen MR) is 124 cm³/mol. The summed E-state index contributed by atoms with van der Waals surface area (Å²) < 4.78 is 60.8. The Morgan fingerprint density at radius 1 is 0.971 bits per heavy atom. The summed E-state index contributed by atoms with van der Waals surface area (Å²) in [6, 6.07) is 9.89. The smallest absolute Gasteiger partial charge is 0.271 e. The zero-order valence-electron chi connectivity index (χ0n) is 18.8. The third-order valence-corrected chi connectivity index (χ3v) is 5.90. The van der Waals surface area contributed by atoms with Crippen molar-refractivity contribution in [3.63, 3.8) is 0 Å². The molecule has 0 amide bonds. The highest BCUT2D eigenvalue weighted by Gasteiger charge is 2.38. The van der Waals surface area contributed by atoms with Gasteiger partial charge in [-0.05, 0) is 36.2 Å². The van der Waals surface area contributed by atoms with Crippen molar-refractivity contribution in [2.24, 2.45) is 0 Å². The molecule has 1 unspecified atom stereocenters. The van der Waals surface area contributed by atoms with Gasteiger partial charge in [-0.25, -0.2) is 22.1 Å². The molecule has 0 saturated carbocycles. The highest BCUT2D eigenvalue weighted by atomic mass is 19.3. The van der Waals surface area contributed by atoms with Gasteiger partial charge in [0.1, 0.15) is 17.7 Å². The summed E-state index contributed by atoms with van der Waals surface area (Å²) in [4.78, 5) is 4.19. The molecule has 0 aliphatic rings. The minimum atomic E-state index is -3.21. The van der Waals surface area contributed by atoms with Crippen LogP contribution in [0.5, 0.6) is 0 Å². The van der Waals surface area contributed by atoms with Crippen LogP contribution in [0.3, 0.4) is 0 Å². The summed E-state index contributed by atoms with van der Waals surface area (Å²) in [5.41, 5.74) is 8.49. The number of benzene rings is 2. The number of nitrogens with zero attached hydrogens (tertiary/aromatic N) is 5. The van der Waals surface area contributed by atoms with Gasteiger partial charge in [-0.15, -0.1) is 5.10 Å². The maximum absolute atomic E-state index is 15.7. The van der Waals surface area contributed by atoms with Crippen LogP contribution in [0.15, 0.2) is 67.1 Å². The van der Waals surface area contributed by atoms with Crippen molar-refractivity contribution < 1.29 is 17.6 Å². The van der Waals surface area contributed by atoms with Crippen molar-refractivity contribution in [1.82, 2.24) is 24.4 Å². The van der Waals surface area contributed by atoms with Gasteiger partial charge in [0.25, 0.3) is 5.92 Å². The molecule has 2 N–H and O–H groups in total. The summed E-state index contributed by atoms with van der Waals surface area (Å²) in [7, 11) is 0. The van der Waals surface area contributed by atoms with Crippen molar-refractivity contribution in [2.75, 3.05) is 5.73 Å². The molecule has 0 spiro atoms. The number of rotatable bonds is 5. The molecule has 35 heavy (non-hydrogen) atoms. The van der Waals surface area contributed by atoms with Crippen LogP contribution >= 0.6 is 0 Å². The van der Waals surface area contributed by atoms with Crippen molar-refractivity contribution in [1.29, 1.82) is 0 Å². The molecule has 0 bridgehead atoms. The van der Waals surface area contributed by atoms with E-state index >= 15 is 4.39 Å². The number of anilines is 1. The van der Waals surface area contributed by atoms with E-state index in [1.54, 1.807) is 37.4 Å². The zero-order valence-corrected chi connectivity index (χ0v) is 18.8. The van der Waals surface area contributed by atoms with Crippen molar-refractivity contribution in [2.45, 2.75) is 25.8 Å². The van der Waals surface area contributed by atoms with E-state index in [9.17, 15) is 13.2 Å². The first kappa shape index (κ1) is 22.6. The number of aromatic nitrogens is 5. The van der Waals surface area contributed by atoms with Crippen LogP contribution in [-0.2, 0) is 0 Å². The molecule has 0 saturated heterocycles. The fourth-order valence-electron chi connectivity index (χ4n) is 4.29. The van der Waals surface area contributed by atoms with Gasteiger partial charge < -0.3 is 5.73 Å². The van der Waals surface area contributed by atoms with Crippen LogP contribution in [0.25, 0.3) is 27.9 Å². The fraction of sp³-hybridized carbons (Fsp3) is 0.160. The largest absolute Gasteiger partial charge is 0.366 e.